The number of alkyl halides is 3. The molecule has 2 heterocycles. The summed E-state index contributed by atoms with van der Waals surface area (Å²) in [5.74, 6) is -0.422. The summed E-state index contributed by atoms with van der Waals surface area (Å²) in [6.45, 7) is 0. The van der Waals surface area contributed by atoms with E-state index in [1.54, 1.807) is 54.6 Å². The zero-order chi connectivity index (χ0) is 27.7. The van der Waals surface area contributed by atoms with Crippen molar-refractivity contribution in [3.8, 4) is 22.8 Å². The summed E-state index contributed by atoms with van der Waals surface area (Å²) < 4.78 is 48.6. The SMILES string of the molecule is O=C(Nc1cc(Oc2ccccc2)cc([N+](=O)[O-])c1)c1cc2nc(-c3ccc(Br)cc3)cc(C(F)(F)F)n2n1. The van der Waals surface area contributed by atoms with E-state index < -0.39 is 22.7 Å². The highest BCUT2D eigenvalue weighted by atomic mass is 79.9. The summed E-state index contributed by atoms with van der Waals surface area (Å²) in [6, 6.07) is 20.6. The fourth-order valence-electron chi connectivity index (χ4n) is 3.70. The van der Waals surface area contributed by atoms with Crippen LogP contribution in [0.3, 0.4) is 0 Å². The van der Waals surface area contributed by atoms with Gasteiger partial charge >= 0.3 is 6.18 Å². The van der Waals surface area contributed by atoms with Gasteiger partial charge in [0, 0.05) is 28.2 Å². The summed E-state index contributed by atoms with van der Waals surface area (Å²) in [7, 11) is 0. The van der Waals surface area contributed by atoms with Crippen molar-refractivity contribution in [2.24, 2.45) is 0 Å². The molecule has 0 bridgehead atoms. The molecule has 5 rings (SSSR count). The molecular weight excluding hydrogens is 583 g/mol. The Morgan fingerprint density at radius 3 is 2.36 bits per heavy atom. The predicted molar refractivity (Wildman–Crippen MR) is 139 cm³/mol. The molecule has 1 amide bonds. The summed E-state index contributed by atoms with van der Waals surface area (Å²) in [5.41, 5.74) is -1.63. The Kier molecular flexibility index (Phi) is 6.74. The summed E-state index contributed by atoms with van der Waals surface area (Å²) in [6.07, 6.45) is -4.80. The van der Waals surface area contributed by atoms with Gasteiger partial charge in [-0.3, -0.25) is 14.9 Å². The molecule has 39 heavy (non-hydrogen) atoms. The van der Waals surface area contributed by atoms with Gasteiger partial charge in [-0.25, -0.2) is 9.50 Å². The molecule has 9 nitrogen and oxygen atoms in total. The van der Waals surface area contributed by atoms with E-state index in [-0.39, 0.29) is 34.2 Å². The quantitative estimate of drug-likeness (QED) is 0.164. The first-order chi connectivity index (χ1) is 18.6. The Morgan fingerprint density at radius 2 is 1.69 bits per heavy atom. The molecule has 196 valence electrons. The number of ether oxygens (including phenoxy) is 1. The van der Waals surface area contributed by atoms with Crippen molar-refractivity contribution in [2.45, 2.75) is 6.18 Å². The molecule has 2 aromatic heterocycles. The number of anilines is 1. The summed E-state index contributed by atoms with van der Waals surface area (Å²) in [5, 5.41) is 17.7. The van der Waals surface area contributed by atoms with Crippen LogP contribution >= 0.6 is 15.9 Å². The van der Waals surface area contributed by atoms with Crippen LogP contribution in [0.5, 0.6) is 11.5 Å². The molecule has 0 aliphatic carbocycles. The standard InChI is InChI=1S/C26H15BrF3N5O4/c27-16-8-6-15(7-9-16)21-13-23(26(28,29)30)34-24(32-21)14-22(33-34)25(36)31-17-10-18(35(37)38)12-20(11-17)39-19-4-2-1-3-5-19/h1-14H,(H,31,36). The third-order valence-corrected chi connectivity index (χ3v) is 5.96. The van der Waals surface area contributed by atoms with Crippen molar-refractivity contribution < 1.29 is 27.6 Å². The molecule has 0 fully saturated rings. The van der Waals surface area contributed by atoms with Crippen LogP contribution in [0.4, 0.5) is 24.5 Å². The van der Waals surface area contributed by atoms with Crippen LogP contribution in [0, 0.1) is 10.1 Å². The molecule has 1 N–H and O–H groups in total. The van der Waals surface area contributed by atoms with Crippen molar-refractivity contribution in [3.05, 3.63) is 111 Å². The summed E-state index contributed by atoms with van der Waals surface area (Å²) in [4.78, 5) is 28.0. The first-order valence-electron chi connectivity index (χ1n) is 11.1. The van der Waals surface area contributed by atoms with E-state index in [0.29, 0.717) is 15.8 Å². The van der Waals surface area contributed by atoms with Gasteiger partial charge in [-0.05, 0) is 30.3 Å². The van der Waals surface area contributed by atoms with Crippen LogP contribution in [0.25, 0.3) is 16.9 Å². The molecule has 0 saturated heterocycles. The summed E-state index contributed by atoms with van der Waals surface area (Å²) >= 11 is 3.28. The Labute approximate surface area is 226 Å². The smallest absolute Gasteiger partial charge is 0.433 e. The minimum Gasteiger partial charge on any atom is -0.457 e. The van der Waals surface area contributed by atoms with E-state index in [4.69, 9.17) is 4.74 Å². The second kappa shape index (κ2) is 10.2. The number of benzene rings is 3. The van der Waals surface area contributed by atoms with Crippen LogP contribution in [0.15, 0.2) is 89.4 Å². The normalized spacial score (nSPS) is 11.4. The van der Waals surface area contributed by atoms with Crippen molar-refractivity contribution >= 4 is 38.9 Å². The Morgan fingerprint density at radius 1 is 0.974 bits per heavy atom. The van der Waals surface area contributed by atoms with Crippen LogP contribution in [0.2, 0.25) is 0 Å². The largest absolute Gasteiger partial charge is 0.457 e. The monoisotopic (exact) mass is 597 g/mol. The van der Waals surface area contributed by atoms with E-state index in [0.717, 1.165) is 22.7 Å². The molecule has 0 aliphatic heterocycles. The van der Waals surface area contributed by atoms with Gasteiger partial charge in [-0.2, -0.15) is 18.3 Å². The van der Waals surface area contributed by atoms with Crippen molar-refractivity contribution in [2.75, 3.05) is 5.32 Å². The van der Waals surface area contributed by atoms with Crippen molar-refractivity contribution in [1.82, 2.24) is 14.6 Å². The molecular formula is C26H15BrF3N5O4. The Hall–Kier alpha value is -4.78. The molecule has 0 atom stereocenters. The predicted octanol–water partition coefficient (Wildman–Crippen LogP) is 7.13. The first kappa shape index (κ1) is 25.9. The molecule has 13 heteroatoms. The highest BCUT2D eigenvalue weighted by Crippen LogP contribution is 2.33. The molecule has 0 saturated carbocycles. The highest BCUT2D eigenvalue weighted by Gasteiger charge is 2.35. The zero-order valence-electron chi connectivity index (χ0n) is 19.5. The minimum absolute atomic E-state index is 0.0169. The lowest BCUT2D eigenvalue weighted by atomic mass is 10.1. The van der Waals surface area contributed by atoms with Gasteiger partial charge in [0.2, 0.25) is 0 Å². The number of aromatic nitrogens is 3. The maximum absolute atomic E-state index is 13.9. The number of non-ortho nitro benzene ring substituents is 1. The van der Waals surface area contributed by atoms with E-state index in [9.17, 15) is 28.1 Å². The van der Waals surface area contributed by atoms with Gasteiger partial charge in [0.05, 0.1) is 22.4 Å². The number of para-hydroxylation sites is 1. The van der Waals surface area contributed by atoms with E-state index in [2.05, 4.69) is 31.3 Å². The second-order valence-electron chi connectivity index (χ2n) is 8.17. The maximum Gasteiger partial charge on any atom is 0.433 e. The average molecular weight is 598 g/mol. The average Bonchev–Trinajstić information content (AvgIpc) is 3.33. The number of nitrogens with one attached hydrogen (secondary N) is 1. The van der Waals surface area contributed by atoms with Crippen LogP contribution < -0.4 is 10.1 Å². The number of nitro groups is 1. The first-order valence-corrected chi connectivity index (χ1v) is 11.9. The molecule has 0 unspecified atom stereocenters. The van der Waals surface area contributed by atoms with Gasteiger partial charge < -0.3 is 10.1 Å². The lowest BCUT2D eigenvalue weighted by Gasteiger charge is -2.11. The number of nitrogens with zero attached hydrogens (tertiary/aromatic N) is 4. The number of halogens is 4. The van der Waals surface area contributed by atoms with E-state index in [1.165, 1.54) is 12.1 Å². The van der Waals surface area contributed by atoms with E-state index in [1.807, 2.05) is 0 Å². The number of nitro benzene ring substituents is 1. The number of carbonyl (C=O) groups excluding carboxylic acids is 1. The van der Waals surface area contributed by atoms with Crippen molar-refractivity contribution in [3.63, 3.8) is 0 Å². The zero-order valence-corrected chi connectivity index (χ0v) is 21.1. The van der Waals surface area contributed by atoms with Gasteiger partial charge in [-0.1, -0.05) is 46.3 Å². The van der Waals surface area contributed by atoms with Crippen LogP contribution in [-0.2, 0) is 6.18 Å². The molecule has 0 spiro atoms. The molecule has 0 aliphatic rings. The lowest BCUT2D eigenvalue weighted by Crippen LogP contribution is -2.16. The van der Waals surface area contributed by atoms with Gasteiger partial charge in [0.1, 0.15) is 11.5 Å². The van der Waals surface area contributed by atoms with Crippen LogP contribution in [0.1, 0.15) is 16.2 Å². The minimum atomic E-state index is -4.80. The molecule has 5 aromatic rings. The van der Waals surface area contributed by atoms with E-state index >= 15 is 0 Å². The number of hydrogen-bond donors (Lipinski definition) is 1. The van der Waals surface area contributed by atoms with Crippen LogP contribution in [-0.4, -0.2) is 25.4 Å². The van der Waals surface area contributed by atoms with Gasteiger partial charge in [0.25, 0.3) is 11.6 Å². The number of rotatable bonds is 6. The Balaban J connectivity index is 1.50. The number of carbonyl (C=O) groups is 1. The maximum atomic E-state index is 13.9. The van der Waals surface area contributed by atoms with Crippen molar-refractivity contribution in [1.29, 1.82) is 0 Å². The third-order valence-electron chi connectivity index (χ3n) is 5.43. The molecule has 0 radical (unpaired) electrons. The fourth-order valence-corrected chi connectivity index (χ4v) is 3.96. The lowest BCUT2D eigenvalue weighted by molar-refractivity contribution is -0.384. The molecule has 3 aromatic carbocycles. The topological polar surface area (TPSA) is 112 Å². The Bertz CT molecular complexity index is 1710. The third kappa shape index (κ3) is 5.72. The van der Waals surface area contributed by atoms with Gasteiger partial charge in [0.15, 0.2) is 17.0 Å². The number of fused-ring (bicyclic) bond motifs is 1. The second-order valence-corrected chi connectivity index (χ2v) is 9.09. The number of hydrogen-bond acceptors (Lipinski definition) is 6. The number of amides is 1. The highest BCUT2D eigenvalue weighted by molar-refractivity contribution is 9.10. The van der Waals surface area contributed by atoms with Gasteiger partial charge in [-0.15, -0.1) is 0 Å². The fraction of sp³-hybridized carbons (Fsp3) is 0.0385.